The van der Waals surface area contributed by atoms with E-state index >= 15 is 0 Å². The average molecular weight is 277 g/mol. The molecule has 0 aliphatic carbocycles. The average Bonchev–Trinajstić information content (AvgIpc) is 2.29. The third-order valence-corrected chi connectivity index (χ3v) is 3.71. The lowest BCUT2D eigenvalue weighted by molar-refractivity contribution is 0.0688. The third-order valence-electron chi connectivity index (χ3n) is 3.71. The highest BCUT2D eigenvalue weighted by Gasteiger charge is 2.26. The normalized spacial score (nSPS) is 12.9. The van der Waals surface area contributed by atoms with Crippen LogP contribution in [0.2, 0.25) is 0 Å². The topological polar surface area (TPSA) is 66.4 Å². The van der Waals surface area contributed by atoms with Gasteiger partial charge in [-0.3, -0.25) is 4.79 Å². The van der Waals surface area contributed by atoms with Crippen molar-refractivity contribution in [2.24, 2.45) is 5.41 Å². The molecule has 0 bridgehead atoms. The van der Waals surface area contributed by atoms with Gasteiger partial charge in [-0.2, -0.15) is 0 Å². The van der Waals surface area contributed by atoms with Gasteiger partial charge in [0.1, 0.15) is 0 Å². The van der Waals surface area contributed by atoms with Gasteiger partial charge >= 0.3 is 5.97 Å². The van der Waals surface area contributed by atoms with E-state index in [-0.39, 0.29) is 28.5 Å². The largest absolute Gasteiger partial charge is 0.478 e. The Hall–Kier alpha value is -1.84. The molecule has 20 heavy (non-hydrogen) atoms. The fourth-order valence-corrected chi connectivity index (χ4v) is 1.86. The number of rotatable bonds is 3. The summed E-state index contributed by atoms with van der Waals surface area (Å²) < 4.78 is 0. The summed E-state index contributed by atoms with van der Waals surface area (Å²) in [6.07, 6.45) is 0. The summed E-state index contributed by atoms with van der Waals surface area (Å²) in [5.74, 6) is -1.40. The molecule has 0 fully saturated rings. The minimum atomic E-state index is -1.07. The zero-order valence-electron chi connectivity index (χ0n) is 13.0. The number of carbonyl (C=O) groups excluding carboxylic acids is 1. The summed E-state index contributed by atoms with van der Waals surface area (Å²) in [6.45, 7) is 11.5. The first-order valence-electron chi connectivity index (χ1n) is 6.70. The summed E-state index contributed by atoms with van der Waals surface area (Å²) in [5, 5.41) is 12.2. The second-order valence-electron chi connectivity index (χ2n) is 6.32. The highest BCUT2D eigenvalue weighted by Crippen LogP contribution is 2.22. The molecule has 1 aromatic rings. The van der Waals surface area contributed by atoms with Crippen LogP contribution in [0, 0.1) is 19.3 Å². The minimum absolute atomic E-state index is 0.0587. The van der Waals surface area contributed by atoms with E-state index in [4.69, 9.17) is 0 Å². The van der Waals surface area contributed by atoms with E-state index in [1.54, 1.807) is 26.0 Å². The van der Waals surface area contributed by atoms with Crippen molar-refractivity contribution in [3.63, 3.8) is 0 Å². The lowest BCUT2D eigenvalue weighted by atomic mass is 9.87. The van der Waals surface area contributed by atoms with Gasteiger partial charge < -0.3 is 10.4 Å². The number of hydrogen-bond acceptors (Lipinski definition) is 2. The molecule has 0 spiro atoms. The first kappa shape index (κ1) is 16.2. The summed E-state index contributed by atoms with van der Waals surface area (Å²) >= 11 is 0. The van der Waals surface area contributed by atoms with Crippen LogP contribution in [-0.2, 0) is 0 Å². The number of aromatic carboxylic acids is 1. The molecule has 1 rings (SSSR count). The van der Waals surface area contributed by atoms with Crippen molar-refractivity contribution in [2.45, 2.75) is 47.6 Å². The molecule has 1 aromatic carbocycles. The van der Waals surface area contributed by atoms with Crippen molar-refractivity contribution in [1.82, 2.24) is 5.32 Å². The molecule has 1 amide bonds. The molecule has 0 radical (unpaired) electrons. The van der Waals surface area contributed by atoms with Crippen molar-refractivity contribution < 1.29 is 14.7 Å². The maximum Gasteiger partial charge on any atom is 0.336 e. The van der Waals surface area contributed by atoms with Crippen molar-refractivity contribution in [2.75, 3.05) is 0 Å². The van der Waals surface area contributed by atoms with Crippen LogP contribution >= 0.6 is 0 Å². The van der Waals surface area contributed by atoms with Crippen molar-refractivity contribution in [1.29, 1.82) is 0 Å². The molecule has 0 saturated heterocycles. The Bertz CT molecular complexity index is 541. The Morgan fingerprint density at radius 2 is 1.55 bits per heavy atom. The molecule has 0 aliphatic rings. The smallest absolute Gasteiger partial charge is 0.336 e. The molecule has 1 unspecified atom stereocenters. The Kier molecular flexibility index (Phi) is 4.58. The molecule has 4 heteroatoms. The number of carbonyl (C=O) groups is 2. The van der Waals surface area contributed by atoms with Crippen LogP contribution in [0.25, 0.3) is 0 Å². The van der Waals surface area contributed by atoms with Crippen LogP contribution in [0.5, 0.6) is 0 Å². The number of carboxylic acids is 1. The molecule has 4 nitrogen and oxygen atoms in total. The quantitative estimate of drug-likeness (QED) is 0.891. The minimum Gasteiger partial charge on any atom is -0.478 e. The van der Waals surface area contributed by atoms with E-state index in [0.29, 0.717) is 11.1 Å². The highest BCUT2D eigenvalue weighted by atomic mass is 16.4. The van der Waals surface area contributed by atoms with E-state index in [9.17, 15) is 14.7 Å². The van der Waals surface area contributed by atoms with Crippen LogP contribution in [0.3, 0.4) is 0 Å². The maximum atomic E-state index is 12.4. The molecule has 0 heterocycles. The van der Waals surface area contributed by atoms with Gasteiger partial charge in [0.25, 0.3) is 5.91 Å². The fraction of sp³-hybridized carbons (Fsp3) is 0.500. The van der Waals surface area contributed by atoms with Crippen LogP contribution in [0.15, 0.2) is 12.1 Å². The summed E-state index contributed by atoms with van der Waals surface area (Å²) in [7, 11) is 0. The first-order chi connectivity index (χ1) is 9.05. The lowest BCUT2D eigenvalue weighted by Crippen LogP contribution is -2.42. The van der Waals surface area contributed by atoms with E-state index < -0.39 is 5.97 Å². The predicted octanol–water partition coefficient (Wildman–Crippen LogP) is 3.17. The molecule has 2 N–H and O–H groups in total. The van der Waals surface area contributed by atoms with E-state index in [0.717, 1.165) is 0 Å². The summed E-state index contributed by atoms with van der Waals surface area (Å²) in [6, 6.07) is 3.44. The standard InChI is InChI=1S/C16H23NO3/c1-9-7-8-10(2)13(15(19)20)12(9)14(18)17-11(3)16(4,5)6/h7-8,11H,1-6H3,(H,17,18)(H,19,20). The predicted molar refractivity (Wildman–Crippen MR) is 79.3 cm³/mol. The monoisotopic (exact) mass is 277 g/mol. The van der Waals surface area contributed by atoms with Crippen molar-refractivity contribution >= 4 is 11.9 Å². The SMILES string of the molecule is Cc1ccc(C)c(C(=O)NC(C)C(C)(C)C)c1C(=O)O. The number of hydrogen-bond donors (Lipinski definition) is 2. The van der Waals surface area contributed by atoms with Crippen LogP contribution in [-0.4, -0.2) is 23.0 Å². The van der Waals surface area contributed by atoms with Gasteiger partial charge in [0.15, 0.2) is 0 Å². The van der Waals surface area contributed by atoms with E-state index in [1.807, 2.05) is 27.7 Å². The second-order valence-corrected chi connectivity index (χ2v) is 6.32. The second kappa shape index (κ2) is 5.65. The Balaban J connectivity index is 3.23. The molecule has 0 aliphatic heterocycles. The van der Waals surface area contributed by atoms with Gasteiger partial charge in [-0.15, -0.1) is 0 Å². The zero-order chi connectivity index (χ0) is 15.7. The van der Waals surface area contributed by atoms with Crippen LogP contribution in [0.1, 0.15) is 59.5 Å². The molecule has 0 saturated carbocycles. The Morgan fingerprint density at radius 1 is 1.10 bits per heavy atom. The van der Waals surface area contributed by atoms with Crippen molar-refractivity contribution in [3.05, 3.63) is 34.4 Å². The van der Waals surface area contributed by atoms with Gasteiger partial charge in [-0.05, 0) is 37.3 Å². The number of benzene rings is 1. The summed E-state index contributed by atoms with van der Waals surface area (Å²) in [5.41, 5.74) is 1.53. The Morgan fingerprint density at radius 3 is 1.95 bits per heavy atom. The number of nitrogens with one attached hydrogen (secondary N) is 1. The molecule has 110 valence electrons. The highest BCUT2D eigenvalue weighted by molar-refractivity contribution is 6.06. The molecular formula is C16H23NO3. The van der Waals surface area contributed by atoms with Crippen LogP contribution < -0.4 is 5.32 Å². The van der Waals surface area contributed by atoms with Gasteiger partial charge in [0.05, 0.1) is 11.1 Å². The molecule has 1 atom stereocenters. The maximum absolute atomic E-state index is 12.4. The molecule has 0 aromatic heterocycles. The first-order valence-corrected chi connectivity index (χ1v) is 6.70. The zero-order valence-corrected chi connectivity index (χ0v) is 13.0. The van der Waals surface area contributed by atoms with Crippen molar-refractivity contribution in [3.8, 4) is 0 Å². The third kappa shape index (κ3) is 3.38. The van der Waals surface area contributed by atoms with Gasteiger partial charge in [-0.1, -0.05) is 32.9 Å². The number of amides is 1. The number of carboxylic acid groups (broad SMARTS) is 1. The molecular weight excluding hydrogens is 254 g/mol. The van der Waals surface area contributed by atoms with Gasteiger partial charge in [0, 0.05) is 6.04 Å². The van der Waals surface area contributed by atoms with E-state index in [2.05, 4.69) is 5.32 Å². The van der Waals surface area contributed by atoms with E-state index in [1.165, 1.54) is 0 Å². The fourth-order valence-electron chi connectivity index (χ4n) is 1.86. The Labute approximate surface area is 120 Å². The van der Waals surface area contributed by atoms with Gasteiger partial charge in [0.2, 0.25) is 0 Å². The lowest BCUT2D eigenvalue weighted by Gasteiger charge is -2.28. The van der Waals surface area contributed by atoms with Gasteiger partial charge in [-0.25, -0.2) is 4.79 Å². The summed E-state index contributed by atoms with van der Waals surface area (Å²) in [4.78, 5) is 23.8. The number of aryl methyl sites for hydroxylation is 2. The van der Waals surface area contributed by atoms with Crippen LogP contribution in [0.4, 0.5) is 0 Å².